The highest BCUT2D eigenvalue weighted by atomic mass is 32.1. The summed E-state index contributed by atoms with van der Waals surface area (Å²) in [5.41, 5.74) is 0.144. The van der Waals surface area contributed by atoms with Crippen molar-refractivity contribution in [1.29, 1.82) is 0 Å². The number of aromatic carboxylic acids is 1. The minimum absolute atomic E-state index is 0.144. The minimum atomic E-state index is -1.02. The molecule has 19 heavy (non-hydrogen) atoms. The number of thiophene rings is 1. The van der Waals surface area contributed by atoms with Crippen LogP contribution in [-0.2, 0) is 0 Å². The highest BCUT2D eigenvalue weighted by Gasteiger charge is 2.22. The van der Waals surface area contributed by atoms with Gasteiger partial charge in [-0.2, -0.15) is 0 Å². The van der Waals surface area contributed by atoms with Gasteiger partial charge in [-0.15, -0.1) is 11.3 Å². The van der Waals surface area contributed by atoms with Crippen molar-refractivity contribution in [3.63, 3.8) is 0 Å². The Hall–Kier alpha value is -1.60. The number of hydrogen-bond acceptors (Lipinski definition) is 4. The molecule has 0 radical (unpaired) electrons. The molecule has 0 atom stereocenters. The number of rotatable bonds is 3. The van der Waals surface area contributed by atoms with Crippen molar-refractivity contribution < 1.29 is 14.7 Å². The van der Waals surface area contributed by atoms with Gasteiger partial charge < -0.3 is 14.9 Å². The molecule has 1 saturated heterocycles. The Labute approximate surface area is 115 Å². The van der Waals surface area contributed by atoms with Crippen LogP contribution in [0, 0.1) is 0 Å². The molecule has 0 bridgehead atoms. The van der Waals surface area contributed by atoms with E-state index < -0.39 is 5.97 Å². The van der Waals surface area contributed by atoms with Gasteiger partial charge in [0, 0.05) is 26.2 Å². The van der Waals surface area contributed by atoms with Crippen LogP contribution in [0.2, 0.25) is 0 Å². The monoisotopic (exact) mass is 283 g/mol. The molecule has 104 valence electrons. The maximum absolute atomic E-state index is 12.0. The van der Waals surface area contributed by atoms with Crippen molar-refractivity contribution in [1.82, 2.24) is 9.80 Å². The maximum Gasteiger partial charge on any atom is 0.338 e. The number of nitrogens with zero attached hydrogens (tertiary/aromatic N) is 2. The number of amides is 2. The molecule has 0 saturated carbocycles. The Bertz CT molecular complexity index is 467. The molecule has 2 N–H and O–H groups in total. The van der Waals surface area contributed by atoms with E-state index in [2.05, 4.69) is 17.1 Å². The Morgan fingerprint density at radius 1 is 1.37 bits per heavy atom. The molecule has 1 fully saturated rings. The predicted molar refractivity (Wildman–Crippen MR) is 74.0 cm³/mol. The van der Waals surface area contributed by atoms with Crippen LogP contribution in [0.5, 0.6) is 0 Å². The Morgan fingerprint density at radius 3 is 2.63 bits per heavy atom. The molecular weight excluding hydrogens is 266 g/mol. The number of carboxylic acids is 1. The zero-order chi connectivity index (χ0) is 13.8. The molecule has 7 heteroatoms. The maximum atomic E-state index is 12.0. The minimum Gasteiger partial charge on any atom is -0.478 e. The van der Waals surface area contributed by atoms with Crippen LogP contribution in [0.1, 0.15) is 17.3 Å². The number of nitrogens with one attached hydrogen (secondary N) is 1. The summed E-state index contributed by atoms with van der Waals surface area (Å²) in [5.74, 6) is -1.02. The van der Waals surface area contributed by atoms with Crippen LogP contribution < -0.4 is 5.32 Å². The van der Waals surface area contributed by atoms with Crippen molar-refractivity contribution in [2.75, 3.05) is 38.0 Å². The van der Waals surface area contributed by atoms with E-state index in [0.717, 1.165) is 19.6 Å². The first-order valence-electron chi connectivity index (χ1n) is 6.21. The molecule has 2 rings (SSSR count). The largest absolute Gasteiger partial charge is 0.478 e. The molecule has 1 aliphatic heterocycles. The lowest BCUT2D eigenvalue weighted by Gasteiger charge is -2.33. The summed E-state index contributed by atoms with van der Waals surface area (Å²) in [6, 6.07) is 1.28. The summed E-state index contributed by atoms with van der Waals surface area (Å²) >= 11 is 1.23. The van der Waals surface area contributed by atoms with Gasteiger partial charge in [-0.25, -0.2) is 9.59 Å². The number of carbonyl (C=O) groups excluding carboxylic acids is 1. The van der Waals surface area contributed by atoms with Crippen LogP contribution in [-0.4, -0.2) is 59.6 Å². The van der Waals surface area contributed by atoms with Crippen molar-refractivity contribution in [3.8, 4) is 0 Å². The highest BCUT2D eigenvalue weighted by Crippen LogP contribution is 2.23. The number of carboxylic acid groups (broad SMARTS) is 1. The van der Waals surface area contributed by atoms with Gasteiger partial charge in [0.25, 0.3) is 0 Å². The Balaban J connectivity index is 1.94. The van der Waals surface area contributed by atoms with Crippen LogP contribution in [0.25, 0.3) is 0 Å². The molecule has 2 heterocycles. The van der Waals surface area contributed by atoms with Gasteiger partial charge in [0.05, 0.1) is 5.56 Å². The van der Waals surface area contributed by atoms with E-state index in [9.17, 15) is 9.59 Å². The number of likely N-dealkylation sites (N-methyl/N-ethyl adjacent to an activating group) is 1. The van der Waals surface area contributed by atoms with Crippen LogP contribution in [0.3, 0.4) is 0 Å². The Kier molecular flexibility index (Phi) is 4.39. The lowest BCUT2D eigenvalue weighted by Crippen LogP contribution is -2.49. The van der Waals surface area contributed by atoms with Crippen molar-refractivity contribution in [3.05, 3.63) is 17.0 Å². The van der Waals surface area contributed by atoms with E-state index in [0.29, 0.717) is 18.1 Å². The van der Waals surface area contributed by atoms with Gasteiger partial charge in [-0.1, -0.05) is 6.92 Å². The van der Waals surface area contributed by atoms with Crippen molar-refractivity contribution in [2.24, 2.45) is 0 Å². The topological polar surface area (TPSA) is 72.9 Å². The van der Waals surface area contributed by atoms with Gasteiger partial charge in [-0.05, 0) is 18.0 Å². The fraction of sp³-hybridized carbons (Fsp3) is 0.500. The average Bonchev–Trinajstić information content (AvgIpc) is 2.87. The van der Waals surface area contributed by atoms with E-state index in [-0.39, 0.29) is 11.6 Å². The second kappa shape index (κ2) is 6.03. The molecule has 6 nitrogen and oxygen atoms in total. The summed E-state index contributed by atoms with van der Waals surface area (Å²) < 4.78 is 0. The molecule has 1 aliphatic rings. The summed E-state index contributed by atoms with van der Waals surface area (Å²) in [5, 5.41) is 13.7. The van der Waals surface area contributed by atoms with Crippen LogP contribution >= 0.6 is 11.3 Å². The molecule has 2 amide bonds. The standard InChI is InChI=1S/C12H17N3O3S/c1-2-14-4-6-15(7-5-14)12(18)13-10-9(11(16)17)3-8-19-10/h3,8H,2,4-7H2,1H3,(H,13,18)(H,16,17). The molecule has 0 unspecified atom stereocenters. The first-order valence-corrected chi connectivity index (χ1v) is 7.09. The van der Waals surface area contributed by atoms with E-state index in [1.807, 2.05) is 0 Å². The third-order valence-electron chi connectivity index (χ3n) is 3.22. The van der Waals surface area contributed by atoms with Crippen molar-refractivity contribution >= 4 is 28.3 Å². The Morgan fingerprint density at radius 2 is 2.05 bits per heavy atom. The van der Waals surface area contributed by atoms with Crippen LogP contribution in [0.4, 0.5) is 9.80 Å². The second-order valence-corrected chi connectivity index (χ2v) is 5.24. The molecule has 1 aromatic heterocycles. The van der Waals surface area contributed by atoms with Gasteiger partial charge in [-0.3, -0.25) is 5.32 Å². The zero-order valence-corrected chi connectivity index (χ0v) is 11.6. The SMILES string of the molecule is CCN1CCN(C(=O)Nc2sccc2C(=O)O)CC1. The molecular formula is C12H17N3O3S. The fourth-order valence-electron chi connectivity index (χ4n) is 2.02. The van der Waals surface area contributed by atoms with Gasteiger partial charge in [0.15, 0.2) is 0 Å². The highest BCUT2D eigenvalue weighted by molar-refractivity contribution is 7.14. The molecule has 0 aliphatic carbocycles. The summed E-state index contributed by atoms with van der Waals surface area (Å²) in [4.78, 5) is 27.0. The van der Waals surface area contributed by atoms with Crippen molar-refractivity contribution in [2.45, 2.75) is 6.92 Å². The quantitative estimate of drug-likeness (QED) is 0.884. The van der Waals surface area contributed by atoms with E-state index >= 15 is 0 Å². The third-order valence-corrected chi connectivity index (χ3v) is 4.05. The lowest BCUT2D eigenvalue weighted by molar-refractivity contribution is 0.0698. The molecule has 0 spiro atoms. The van der Waals surface area contributed by atoms with E-state index in [4.69, 9.17) is 5.11 Å². The van der Waals surface area contributed by atoms with Gasteiger partial charge in [0.2, 0.25) is 0 Å². The summed E-state index contributed by atoms with van der Waals surface area (Å²) in [7, 11) is 0. The van der Waals surface area contributed by atoms with E-state index in [1.165, 1.54) is 17.4 Å². The smallest absolute Gasteiger partial charge is 0.338 e. The first kappa shape index (κ1) is 13.8. The lowest BCUT2D eigenvalue weighted by atomic mass is 10.3. The average molecular weight is 283 g/mol. The number of urea groups is 1. The third kappa shape index (κ3) is 3.24. The van der Waals surface area contributed by atoms with Crippen LogP contribution in [0.15, 0.2) is 11.4 Å². The summed E-state index contributed by atoms with van der Waals surface area (Å²) in [6.45, 7) is 6.16. The summed E-state index contributed by atoms with van der Waals surface area (Å²) in [6.07, 6.45) is 0. The number of carbonyl (C=O) groups is 2. The fourth-order valence-corrected chi connectivity index (χ4v) is 2.79. The number of anilines is 1. The molecule has 1 aromatic rings. The number of hydrogen-bond donors (Lipinski definition) is 2. The van der Waals surface area contributed by atoms with Gasteiger partial charge in [0.1, 0.15) is 5.00 Å². The van der Waals surface area contributed by atoms with E-state index in [1.54, 1.807) is 10.3 Å². The molecule has 0 aromatic carbocycles. The first-order chi connectivity index (χ1) is 9.11. The predicted octanol–water partition coefficient (Wildman–Crippen LogP) is 1.62. The normalized spacial score (nSPS) is 16.4. The van der Waals surface area contributed by atoms with Gasteiger partial charge >= 0.3 is 12.0 Å². The number of piperazine rings is 1. The zero-order valence-electron chi connectivity index (χ0n) is 10.8. The second-order valence-electron chi connectivity index (χ2n) is 4.32.